The Labute approximate surface area is 415 Å². The highest BCUT2D eigenvalue weighted by Gasteiger charge is 2.45. The van der Waals surface area contributed by atoms with Gasteiger partial charge in [0.1, 0.15) is 15.9 Å². The standard InChI is InChI=1S/C52H68N6O10S2/c1-8-68-43-27-36(24-25-42(43)67-6)41(31-70(7,65)66)58-49(62)38-17-16-18-39(45(38)50(58)63)56-44(60)19-14-12-10-9-11-13-15-26-53-47(52(3,4)5)51(64)57-30-37(59)28-40(57)48(61)54-29-34-20-22-35(23-21-34)46-33(2)55-32-69-46/h16-18,20-25,27,32,37,40-41,47,53,59H,8-15,19,26,28-31H2,1-7H3,(H,54,61)(H,56,60)/t37-,40+,41?,47?/m1/s1. The summed E-state index contributed by atoms with van der Waals surface area (Å²) in [5.74, 6) is -1.91. The van der Waals surface area contributed by atoms with E-state index in [4.69, 9.17) is 9.47 Å². The van der Waals surface area contributed by atoms with Gasteiger partial charge in [-0.15, -0.1) is 11.3 Å². The maximum absolute atomic E-state index is 14.1. The lowest BCUT2D eigenvalue weighted by Gasteiger charge is -2.35. The third kappa shape index (κ3) is 13.6. The number of rotatable bonds is 24. The number of likely N-dealkylation sites (tertiary alicyclic amines) is 1. The van der Waals surface area contributed by atoms with E-state index in [1.54, 1.807) is 48.6 Å². The number of sulfone groups is 1. The number of imide groups is 1. The Kier molecular flexibility index (Phi) is 18.4. The summed E-state index contributed by atoms with van der Waals surface area (Å²) in [5, 5.41) is 19.9. The lowest BCUT2D eigenvalue weighted by atomic mass is 9.85. The Morgan fingerprint density at radius 3 is 2.29 bits per heavy atom. The minimum atomic E-state index is -3.69. The zero-order chi connectivity index (χ0) is 50.8. The van der Waals surface area contributed by atoms with Gasteiger partial charge in [0.2, 0.25) is 17.7 Å². The third-order valence-electron chi connectivity index (χ3n) is 12.7. The molecule has 6 rings (SSSR count). The van der Waals surface area contributed by atoms with Gasteiger partial charge in [-0.2, -0.15) is 0 Å². The number of aliphatic hydroxyl groups is 1. The Morgan fingerprint density at radius 1 is 0.943 bits per heavy atom. The summed E-state index contributed by atoms with van der Waals surface area (Å²) in [5.41, 5.74) is 5.01. The number of benzene rings is 3. The topological polar surface area (TPSA) is 214 Å². The van der Waals surface area contributed by atoms with Gasteiger partial charge in [-0.1, -0.05) is 89.3 Å². The minimum Gasteiger partial charge on any atom is -0.493 e. The SMILES string of the molecule is CCOc1cc(C(CS(C)(=O)=O)N2C(=O)c3cccc(NC(=O)CCCCCCCCCNC(C(=O)N4C[C@H](O)C[C@H]4C(=O)NCc4ccc(-c5scnc5C)cc4)C(C)(C)C)c3C2=O)ccc1OC. The number of unbranched alkanes of at least 4 members (excludes halogenated alkanes) is 6. The molecule has 2 aliphatic rings. The van der Waals surface area contributed by atoms with Gasteiger partial charge in [-0.3, -0.25) is 28.9 Å². The molecule has 1 aromatic heterocycles. The Hall–Kier alpha value is -5.69. The van der Waals surface area contributed by atoms with Crippen LogP contribution >= 0.6 is 11.3 Å². The fraction of sp³-hybridized carbons (Fsp3) is 0.500. The monoisotopic (exact) mass is 1000 g/mol. The molecule has 16 nitrogen and oxygen atoms in total. The molecule has 4 aromatic rings. The second kappa shape index (κ2) is 23.9. The zero-order valence-electron chi connectivity index (χ0n) is 41.3. The maximum atomic E-state index is 14.1. The summed E-state index contributed by atoms with van der Waals surface area (Å²) in [4.78, 5) is 76.4. The number of nitrogens with one attached hydrogen (secondary N) is 3. The van der Waals surface area contributed by atoms with E-state index in [1.165, 1.54) is 18.1 Å². The van der Waals surface area contributed by atoms with Crippen molar-refractivity contribution in [3.63, 3.8) is 0 Å². The number of amides is 5. The number of carbonyl (C=O) groups is 5. The van der Waals surface area contributed by atoms with Crippen LogP contribution in [0.25, 0.3) is 10.4 Å². The van der Waals surface area contributed by atoms with Crippen LogP contribution in [-0.4, -0.2) is 115 Å². The van der Waals surface area contributed by atoms with Crippen molar-refractivity contribution in [3.8, 4) is 21.9 Å². The summed E-state index contributed by atoms with van der Waals surface area (Å²) in [6.45, 7) is 11.1. The van der Waals surface area contributed by atoms with Crippen LogP contribution in [0.1, 0.15) is 129 Å². The van der Waals surface area contributed by atoms with Crippen LogP contribution in [0.15, 0.2) is 66.2 Å². The summed E-state index contributed by atoms with van der Waals surface area (Å²) in [6.07, 6.45) is 6.74. The molecule has 3 aromatic carbocycles. The van der Waals surface area contributed by atoms with Gasteiger partial charge in [-0.05, 0) is 79.6 Å². The lowest BCUT2D eigenvalue weighted by Crippen LogP contribution is -2.56. The number of nitrogens with zero attached hydrogens (tertiary/aromatic N) is 3. The van der Waals surface area contributed by atoms with Gasteiger partial charge in [0.05, 0.1) is 70.6 Å². The first-order valence-corrected chi connectivity index (χ1v) is 27.0. The van der Waals surface area contributed by atoms with E-state index in [0.29, 0.717) is 43.2 Å². The van der Waals surface area contributed by atoms with Crippen LogP contribution in [0, 0.1) is 12.3 Å². The molecule has 0 radical (unpaired) electrons. The van der Waals surface area contributed by atoms with E-state index in [0.717, 1.165) is 71.4 Å². The van der Waals surface area contributed by atoms with Crippen LogP contribution in [0.4, 0.5) is 5.69 Å². The number of ether oxygens (including phenoxy) is 2. The molecule has 70 heavy (non-hydrogen) atoms. The number of methoxy groups -OCH3 is 1. The van der Waals surface area contributed by atoms with Crippen molar-refractivity contribution < 1.29 is 47.0 Å². The van der Waals surface area contributed by atoms with Crippen molar-refractivity contribution in [3.05, 3.63) is 94.1 Å². The van der Waals surface area contributed by atoms with Gasteiger partial charge < -0.3 is 35.4 Å². The van der Waals surface area contributed by atoms with Crippen molar-refractivity contribution in [2.45, 2.75) is 123 Å². The van der Waals surface area contributed by atoms with E-state index >= 15 is 0 Å². The van der Waals surface area contributed by atoms with Crippen molar-refractivity contribution in [1.29, 1.82) is 0 Å². The van der Waals surface area contributed by atoms with Crippen molar-refractivity contribution >= 4 is 56.4 Å². The Balaban J connectivity index is 0.922. The molecule has 2 aliphatic heterocycles. The minimum absolute atomic E-state index is 0.0177. The smallest absolute Gasteiger partial charge is 0.264 e. The van der Waals surface area contributed by atoms with E-state index in [-0.39, 0.29) is 53.9 Å². The van der Waals surface area contributed by atoms with Crippen molar-refractivity contribution in [2.24, 2.45) is 5.41 Å². The number of aromatic nitrogens is 1. The maximum Gasteiger partial charge on any atom is 0.264 e. The number of fused-ring (bicyclic) bond motifs is 1. The molecule has 0 saturated carbocycles. The molecule has 378 valence electrons. The Morgan fingerprint density at radius 2 is 1.64 bits per heavy atom. The van der Waals surface area contributed by atoms with Gasteiger partial charge in [0.25, 0.3) is 11.8 Å². The second-order valence-electron chi connectivity index (χ2n) is 19.3. The van der Waals surface area contributed by atoms with Crippen LogP contribution in [-0.2, 0) is 30.8 Å². The van der Waals surface area contributed by atoms with E-state index in [9.17, 15) is 37.5 Å². The summed E-state index contributed by atoms with van der Waals surface area (Å²) in [7, 11) is -2.21. The highest BCUT2D eigenvalue weighted by molar-refractivity contribution is 7.90. The predicted octanol–water partition coefficient (Wildman–Crippen LogP) is 7.25. The first-order valence-electron chi connectivity index (χ1n) is 24.1. The molecule has 0 spiro atoms. The lowest BCUT2D eigenvalue weighted by molar-refractivity contribution is -0.142. The molecule has 5 amide bonds. The molecular formula is C52H68N6O10S2. The number of hydrogen-bond acceptors (Lipinski definition) is 13. The zero-order valence-corrected chi connectivity index (χ0v) is 43.0. The molecule has 3 heterocycles. The third-order valence-corrected chi connectivity index (χ3v) is 14.6. The molecule has 0 bridgehead atoms. The summed E-state index contributed by atoms with van der Waals surface area (Å²) < 4.78 is 36.4. The molecule has 4 N–H and O–H groups in total. The average molecular weight is 1000 g/mol. The fourth-order valence-corrected chi connectivity index (χ4v) is 10.8. The van der Waals surface area contributed by atoms with Crippen molar-refractivity contribution in [1.82, 2.24) is 25.4 Å². The number of carbonyl (C=O) groups excluding carboxylic acids is 5. The number of hydrogen-bond donors (Lipinski definition) is 4. The van der Waals surface area contributed by atoms with Crippen LogP contribution in [0.5, 0.6) is 11.5 Å². The number of aliphatic hydroxyl groups excluding tert-OH is 1. The molecule has 18 heteroatoms. The van der Waals surface area contributed by atoms with Crippen LogP contribution in [0.3, 0.4) is 0 Å². The van der Waals surface area contributed by atoms with Crippen molar-refractivity contribution in [2.75, 3.05) is 44.1 Å². The molecular weight excluding hydrogens is 933 g/mol. The van der Waals surface area contributed by atoms with E-state index in [2.05, 4.69) is 20.9 Å². The summed E-state index contributed by atoms with van der Waals surface area (Å²) >= 11 is 1.58. The van der Waals surface area contributed by atoms with Crippen LogP contribution < -0.4 is 25.4 Å². The molecule has 1 saturated heterocycles. The first kappa shape index (κ1) is 53.7. The quantitative estimate of drug-likeness (QED) is 0.0404. The fourth-order valence-electron chi connectivity index (χ4n) is 9.12. The van der Waals surface area contributed by atoms with E-state index in [1.807, 2.05) is 57.5 Å². The normalized spacial score (nSPS) is 16.8. The molecule has 4 atom stereocenters. The molecule has 2 unspecified atom stereocenters. The van der Waals surface area contributed by atoms with Gasteiger partial charge >= 0.3 is 0 Å². The average Bonchev–Trinajstić information content (AvgIpc) is 4.00. The number of β-amino-alcohol motifs (C(OH)–C–C–N with tert-alkyl or cyclic N) is 1. The van der Waals surface area contributed by atoms with Crippen LogP contribution in [0.2, 0.25) is 0 Å². The summed E-state index contributed by atoms with van der Waals surface area (Å²) in [6, 6.07) is 14.9. The highest BCUT2D eigenvalue weighted by atomic mass is 32.2. The molecule has 1 fully saturated rings. The number of thiazole rings is 1. The van der Waals surface area contributed by atoms with Gasteiger partial charge in [0, 0.05) is 32.2 Å². The largest absolute Gasteiger partial charge is 0.493 e. The van der Waals surface area contributed by atoms with Gasteiger partial charge in [-0.25, -0.2) is 13.4 Å². The second-order valence-corrected chi connectivity index (χ2v) is 22.3. The van der Waals surface area contributed by atoms with E-state index < -0.39 is 57.0 Å². The Bertz CT molecular complexity index is 2610. The number of anilines is 1. The van der Waals surface area contributed by atoms with Gasteiger partial charge in [0.15, 0.2) is 11.5 Å². The molecule has 0 aliphatic carbocycles. The first-order chi connectivity index (χ1) is 33.3. The predicted molar refractivity (Wildman–Crippen MR) is 271 cm³/mol. The highest BCUT2D eigenvalue weighted by Crippen LogP contribution is 2.39. The number of aryl methyl sites for hydroxylation is 1.